The van der Waals surface area contributed by atoms with Crippen molar-refractivity contribution in [2.75, 3.05) is 18.2 Å². The number of anilines is 2. The summed E-state index contributed by atoms with van der Waals surface area (Å²) in [6, 6.07) is 8.46. The van der Waals surface area contributed by atoms with Crippen molar-refractivity contribution in [3.63, 3.8) is 0 Å². The largest absolute Gasteiger partial charge is 0.497 e. The molecule has 0 fully saturated rings. The molecule has 1 unspecified atom stereocenters. The molecule has 0 aliphatic heterocycles. The highest BCUT2D eigenvalue weighted by molar-refractivity contribution is 5.52. The zero-order valence-electron chi connectivity index (χ0n) is 13.6. The normalized spacial score (nSPS) is 17.3. The average Bonchev–Trinajstić information content (AvgIpc) is 2.96. The summed E-state index contributed by atoms with van der Waals surface area (Å²) in [6.07, 6.45) is 5.70. The van der Waals surface area contributed by atoms with E-state index in [-0.39, 0.29) is 0 Å². The minimum atomic E-state index is 0.302. The maximum absolute atomic E-state index is 6.02. The number of rotatable bonds is 3. The Balaban J connectivity index is 1.59. The first-order chi connectivity index (χ1) is 11.7. The lowest BCUT2D eigenvalue weighted by atomic mass is 10.0. The molecule has 0 bridgehead atoms. The Morgan fingerprint density at radius 3 is 3.08 bits per heavy atom. The van der Waals surface area contributed by atoms with Crippen molar-refractivity contribution in [2.24, 2.45) is 0 Å². The van der Waals surface area contributed by atoms with Crippen LogP contribution in [0.1, 0.15) is 24.0 Å². The summed E-state index contributed by atoms with van der Waals surface area (Å²) >= 11 is 0. The molecule has 1 aliphatic carbocycles. The summed E-state index contributed by atoms with van der Waals surface area (Å²) in [4.78, 5) is 8.60. The topological polar surface area (TPSA) is 90.4 Å². The minimum Gasteiger partial charge on any atom is -0.497 e. The fourth-order valence-electron chi connectivity index (χ4n) is 3.31. The Bertz CT molecular complexity index is 875. The number of nitrogens with zero attached hydrogens (tertiary/aromatic N) is 4. The second-order valence-corrected chi connectivity index (χ2v) is 6.11. The molecule has 1 atom stereocenters. The number of aromatic nitrogens is 4. The van der Waals surface area contributed by atoms with Gasteiger partial charge in [0.25, 0.3) is 5.78 Å². The quantitative estimate of drug-likeness (QED) is 0.717. The van der Waals surface area contributed by atoms with E-state index in [1.807, 2.05) is 6.07 Å². The van der Waals surface area contributed by atoms with E-state index in [0.29, 0.717) is 17.6 Å². The van der Waals surface area contributed by atoms with E-state index in [1.165, 1.54) is 22.0 Å². The van der Waals surface area contributed by atoms with Gasteiger partial charge in [-0.15, -0.1) is 0 Å². The van der Waals surface area contributed by atoms with Gasteiger partial charge in [0.2, 0.25) is 0 Å². The first-order valence-electron chi connectivity index (χ1n) is 8.11. The molecule has 0 spiro atoms. The van der Waals surface area contributed by atoms with Crippen molar-refractivity contribution >= 4 is 17.4 Å². The van der Waals surface area contributed by atoms with Crippen LogP contribution in [0.25, 0.3) is 5.78 Å². The first kappa shape index (κ1) is 14.7. The summed E-state index contributed by atoms with van der Waals surface area (Å²) in [7, 11) is 1.70. The number of hydrogen-bond donors (Lipinski definition) is 2. The minimum absolute atomic E-state index is 0.302. The number of fused-ring (bicyclic) bond motifs is 2. The number of nitrogen functional groups attached to an aromatic ring is 1. The average molecular weight is 324 g/mol. The highest BCUT2D eigenvalue weighted by atomic mass is 16.5. The third kappa shape index (κ3) is 2.73. The molecule has 7 nitrogen and oxygen atoms in total. The molecule has 3 N–H and O–H groups in total. The van der Waals surface area contributed by atoms with Crippen molar-refractivity contribution in [1.82, 2.24) is 19.6 Å². The second-order valence-electron chi connectivity index (χ2n) is 6.11. The third-order valence-electron chi connectivity index (χ3n) is 4.51. The number of methoxy groups -OCH3 is 1. The van der Waals surface area contributed by atoms with Crippen LogP contribution in [0.15, 0.2) is 30.6 Å². The van der Waals surface area contributed by atoms with E-state index >= 15 is 0 Å². The molecule has 0 saturated heterocycles. The van der Waals surface area contributed by atoms with Gasteiger partial charge >= 0.3 is 0 Å². The van der Waals surface area contributed by atoms with E-state index in [4.69, 9.17) is 10.5 Å². The van der Waals surface area contributed by atoms with Crippen LogP contribution in [0.4, 0.5) is 11.6 Å². The van der Waals surface area contributed by atoms with Crippen LogP contribution < -0.4 is 15.8 Å². The summed E-state index contributed by atoms with van der Waals surface area (Å²) in [6.45, 7) is 0. The van der Waals surface area contributed by atoms with Crippen molar-refractivity contribution in [2.45, 2.75) is 31.7 Å². The van der Waals surface area contributed by atoms with Gasteiger partial charge in [0, 0.05) is 12.1 Å². The number of aryl methyl sites for hydroxylation is 1. The second kappa shape index (κ2) is 5.99. The van der Waals surface area contributed by atoms with E-state index in [2.05, 4.69) is 32.5 Å². The number of hydrogen-bond acceptors (Lipinski definition) is 6. The Kier molecular flexibility index (Phi) is 3.68. The van der Waals surface area contributed by atoms with Gasteiger partial charge in [0.05, 0.1) is 7.11 Å². The predicted octanol–water partition coefficient (Wildman–Crippen LogP) is 2.07. The maximum atomic E-state index is 6.02. The van der Waals surface area contributed by atoms with Gasteiger partial charge in [-0.05, 0) is 48.9 Å². The molecule has 2 aromatic heterocycles. The van der Waals surface area contributed by atoms with E-state index in [9.17, 15) is 0 Å². The maximum Gasteiger partial charge on any atom is 0.256 e. The Morgan fingerprint density at radius 2 is 2.21 bits per heavy atom. The van der Waals surface area contributed by atoms with Crippen LogP contribution in [0, 0.1) is 0 Å². The lowest BCUT2D eigenvalue weighted by Gasteiger charge is -2.18. The number of nitrogens with one attached hydrogen (secondary N) is 1. The highest BCUT2D eigenvalue weighted by Gasteiger charge is 2.18. The summed E-state index contributed by atoms with van der Waals surface area (Å²) in [5, 5.41) is 7.56. The third-order valence-corrected chi connectivity index (χ3v) is 4.51. The van der Waals surface area contributed by atoms with Crippen molar-refractivity contribution in [3.05, 3.63) is 41.7 Å². The van der Waals surface area contributed by atoms with Crippen LogP contribution in [0.3, 0.4) is 0 Å². The van der Waals surface area contributed by atoms with Crippen molar-refractivity contribution in [1.29, 1.82) is 0 Å². The Labute approximate surface area is 139 Å². The lowest BCUT2D eigenvalue weighted by molar-refractivity contribution is 0.414. The molecule has 0 saturated carbocycles. The van der Waals surface area contributed by atoms with E-state index in [1.54, 1.807) is 13.2 Å². The molecule has 2 heterocycles. The molecular weight excluding hydrogens is 304 g/mol. The molecule has 0 radical (unpaired) electrons. The van der Waals surface area contributed by atoms with Crippen LogP contribution in [-0.2, 0) is 12.8 Å². The molecule has 1 aliphatic rings. The Hall–Kier alpha value is -2.83. The number of nitrogens with two attached hydrogens (primary N) is 1. The SMILES string of the molecule is COc1ccc2c(c1)CC(Nc1cc(N)n3ncnc3n1)CCC2. The van der Waals surface area contributed by atoms with Crippen LogP contribution >= 0.6 is 0 Å². The van der Waals surface area contributed by atoms with Crippen LogP contribution in [0.2, 0.25) is 0 Å². The number of ether oxygens (including phenoxy) is 1. The van der Waals surface area contributed by atoms with Gasteiger partial charge in [-0.3, -0.25) is 0 Å². The monoisotopic (exact) mass is 324 g/mol. The fourth-order valence-corrected chi connectivity index (χ4v) is 3.31. The molecule has 7 heteroatoms. The van der Waals surface area contributed by atoms with Gasteiger partial charge in [-0.2, -0.15) is 19.6 Å². The summed E-state index contributed by atoms with van der Waals surface area (Å²) in [5.41, 5.74) is 8.75. The predicted molar refractivity (Wildman–Crippen MR) is 92.2 cm³/mol. The molecule has 24 heavy (non-hydrogen) atoms. The lowest BCUT2D eigenvalue weighted by Crippen LogP contribution is -2.22. The van der Waals surface area contributed by atoms with Gasteiger partial charge in [0.1, 0.15) is 23.7 Å². The fraction of sp³-hybridized carbons (Fsp3) is 0.353. The molecular formula is C17H20N6O. The smallest absolute Gasteiger partial charge is 0.256 e. The van der Waals surface area contributed by atoms with Crippen molar-refractivity contribution in [3.8, 4) is 5.75 Å². The van der Waals surface area contributed by atoms with Gasteiger partial charge < -0.3 is 15.8 Å². The van der Waals surface area contributed by atoms with Gasteiger partial charge in [-0.1, -0.05) is 6.07 Å². The highest BCUT2D eigenvalue weighted by Crippen LogP contribution is 2.26. The zero-order valence-corrected chi connectivity index (χ0v) is 13.6. The number of benzene rings is 1. The van der Waals surface area contributed by atoms with E-state index in [0.717, 1.165) is 37.3 Å². The molecule has 4 rings (SSSR count). The van der Waals surface area contributed by atoms with E-state index < -0.39 is 0 Å². The molecule has 3 aromatic rings. The molecule has 124 valence electrons. The Morgan fingerprint density at radius 1 is 1.29 bits per heavy atom. The van der Waals surface area contributed by atoms with Crippen LogP contribution in [0.5, 0.6) is 5.75 Å². The van der Waals surface area contributed by atoms with Crippen molar-refractivity contribution < 1.29 is 4.74 Å². The first-order valence-corrected chi connectivity index (χ1v) is 8.11. The zero-order chi connectivity index (χ0) is 16.5. The standard InChI is InChI=1S/C17H20N6O/c1-24-14-6-5-11-3-2-4-13(7-12(11)8-14)21-16-9-15(18)23-17(22-16)19-10-20-23/h5-6,8-10,13H,2-4,7,18H2,1H3,(H,19,20,21,22). The summed E-state index contributed by atoms with van der Waals surface area (Å²) < 4.78 is 6.89. The van der Waals surface area contributed by atoms with Gasteiger partial charge in [0.15, 0.2) is 0 Å². The van der Waals surface area contributed by atoms with Gasteiger partial charge in [-0.25, -0.2) is 0 Å². The summed E-state index contributed by atoms with van der Waals surface area (Å²) in [5.74, 6) is 2.68. The van der Waals surface area contributed by atoms with Crippen LogP contribution in [-0.4, -0.2) is 32.7 Å². The molecule has 0 amide bonds. The molecule has 1 aromatic carbocycles.